The molecule has 1 aromatic heterocycles. The first-order valence-electron chi connectivity index (χ1n) is 14.8. The number of hydrogen-bond acceptors (Lipinski definition) is 6. The summed E-state index contributed by atoms with van der Waals surface area (Å²) in [4.78, 5) is 30.0. The maximum atomic E-state index is 13.2. The minimum Gasteiger partial charge on any atom is -0.496 e. The lowest BCUT2D eigenvalue weighted by Gasteiger charge is -2.40. The fourth-order valence-corrected chi connectivity index (χ4v) is 6.47. The van der Waals surface area contributed by atoms with Crippen LogP contribution in [-0.4, -0.2) is 74.9 Å². The molecule has 4 aromatic rings. The van der Waals surface area contributed by atoms with Crippen molar-refractivity contribution in [3.8, 4) is 11.4 Å². The molecule has 0 radical (unpaired) electrons. The molecule has 0 saturated carbocycles. The van der Waals surface area contributed by atoms with Gasteiger partial charge in [0.25, 0.3) is 5.91 Å². The molecule has 224 valence electrons. The van der Waals surface area contributed by atoms with E-state index in [-0.39, 0.29) is 17.9 Å². The lowest BCUT2D eigenvalue weighted by molar-refractivity contribution is -0.133. The fourth-order valence-electron chi connectivity index (χ4n) is 5.50. The number of unbranched alkanes of at least 4 members (excludes halogenated alkanes) is 1. The molecule has 0 spiro atoms. The van der Waals surface area contributed by atoms with Crippen LogP contribution < -0.4 is 4.74 Å². The number of carbonyl (C=O) groups excluding carboxylic acids is 2. The van der Waals surface area contributed by atoms with Crippen LogP contribution in [0, 0.1) is 6.92 Å². The molecule has 2 amide bonds. The number of thioether (sulfide) groups is 1. The van der Waals surface area contributed by atoms with Crippen LogP contribution >= 0.6 is 11.8 Å². The Kier molecular flexibility index (Phi) is 10.1. The summed E-state index contributed by atoms with van der Waals surface area (Å²) in [6.07, 6.45) is 2.90. The Morgan fingerprint density at radius 2 is 1.67 bits per heavy atom. The Bertz CT molecular complexity index is 1540. The zero-order valence-corrected chi connectivity index (χ0v) is 25.9. The number of aromatic nitrogens is 3. The Hall–Kier alpha value is -4.11. The van der Waals surface area contributed by atoms with Crippen LogP contribution in [0.1, 0.15) is 53.5 Å². The molecule has 0 bridgehead atoms. The number of para-hydroxylation sites is 2. The number of methoxy groups -OCH3 is 1. The lowest BCUT2D eigenvalue weighted by Crippen LogP contribution is -2.55. The van der Waals surface area contributed by atoms with E-state index in [1.54, 1.807) is 31.0 Å². The van der Waals surface area contributed by atoms with E-state index < -0.39 is 0 Å². The van der Waals surface area contributed by atoms with Crippen molar-refractivity contribution in [2.24, 2.45) is 0 Å². The van der Waals surface area contributed by atoms with Crippen LogP contribution in [0.3, 0.4) is 0 Å². The van der Waals surface area contributed by atoms with Crippen LogP contribution in [0.5, 0.6) is 5.75 Å². The molecule has 1 fully saturated rings. The molecule has 2 heterocycles. The summed E-state index contributed by atoms with van der Waals surface area (Å²) in [6.45, 7) is 5.71. The highest BCUT2D eigenvalue weighted by molar-refractivity contribution is 7.99. The number of ether oxygens (including phenoxy) is 1. The predicted octanol–water partition coefficient (Wildman–Crippen LogP) is 5.81. The molecule has 1 atom stereocenters. The molecule has 1 saturated heterocycles. The van der Waals surface area contributed by atoms with Gasteiger partial charge in [0, 0.05) is 44.3 Å². The Morgan fingerprint density at radius 1 is 0.930 bits per heavy atom. The van der Waals surface area contributed by atoms with E-state index in [9.17, 15) is 9.59 Å². The molecule has 1 unspecified atom stereocenters. The third-order valence-electron chi connectivity index (χ3n) is 7.86. The van der Waals surface area contributed by atoms with E-state index in [1.165, 1.54) is 11.1 Å². The van der Waals surface area contributed by atoms with E-state index in [2.05, 4.69) is 46.0 Å². The van der Waals surface area contributed by atoms with Crippen LogP contribution in [-0.2, 0) is 11.2 Å². The van der Waals surface area contributed by atoms with Gasteiger partial charge in [0.1, 0.15) is 11.6 Å². The van der Waals surface area contributed by atoms with Crippen molar-refractivity contribution in [1.82, 2.24) is 24.6 Å². The summed E-state index contributed by atoms with van der Waals surface area (Å²) in [5.74, 6) is 2.42. The summed E-state index contributed by atoms with van der Waals surface area (Å²) < 4.78 is 7.55. The first-order valence-corrected chi connectivity index (χ1v) is 15.8. The second-order valence-corrected chi connectivity index (χ2v) is 11.9. The van der Waals surface area contributed by atoms with Crippen LogP contribution in [0.25, 0.3) is 5.69 Å². The molecule has 0 N–H and O–H groups in total. The van der Waals surface area contributed by atoms with Gasteiger partial charge in [-0.15, -0.1) is 10.2 Å². The normalized spacial score (nSPS) is 15.0. The van der Waals surface area contributed by atoms with Gasteiger partial charge in [-0.1, -0.05) is 72.4 Å². The van der Waals surface area contributed by atoms with Crippen molar-refractivity contribution < 1.29 is 14.3 Å². The van der Waals surface area contributed by atoms with Crippen molar-refractivity contribution in [1.29, 1.82) is 0 Å². The van der Waals surface area contributed by atoms with E-state index >= 15 is 0 Å². The van der Waals surface area contributed by atoms with Gasteiger partial charge < -0.3 is 14.5 Å². The van der Waals surface area contributed by atoms with E-state index in [0.29, 0.717) is 43.8 Å². The van der Waals surface area contributed by atoms with Gasteiger partial charge in [0.15, 0.2) is 5.16 Å². The zero-order valence-electron chi connectivity index (χ0n) is 25.1. The largest absolute Gasteiger partial charge is 0.496 e. The molecular weight excluding hydrogens is 558 g/mol. The number of piperazine rings is 1. The highest BCUT2D eigenvalue weighted by Gasteiger charge is 2.31. The summed E-state index contributed by atoms with van der Waals surface area (Å²) >= 11 is 1.68. The van der Waals surface area contributed by atoms with Crippen molar-refractivity contribution in [2.45, 2.75) is 50.7 Å². The number of rotatable bonds is 11. The van der Waals surface area contributed by atoms with E-state index in [4.69, 9.17) is 4.74 Å². The average molecular weight is 598 g/mol. The molecule has 43 heavy (non-hydrogen) atoms. The standard InChI is InChI=1S/C34H39N5O3S/c1-25-13-7-9-17-29(25)39-31(23-27-14-5-4-6-15-27)35-36-34(39)43-22-12-11-19-32(40)37-20-21-38(26(2)24-37)33(41)28-16-8-10-18-30(28)42-3/h4-10,13-18,26H,11-12,19-24H2,1-3H3. The third-order valence-corrected chi connectivity index (χ3v) is 8.87. The van der Waals surface area contributed by atoms with Gasteiger partial charge in [-0.25, -0.2) is 0 Å². The summed E-state index contributed by atoms with van der Waals surface area (Å²) in [5.41, 5.74) is 4.01. The molecule has 0 aliphatic carbocycles. The van der Waals surface area contributed by atoms with Gasteiger partial charge in [-0.2, -0.15) is 0 Å². The molecule has 5 rings (SSSR count). The first-order chi connectivity index (χ1) is 21.0. The SMILES string of the molecule is COc1ccccc1C(=O)N1CCN(C(=O)CCCCSc2nnc(Cc3ccccc3)n2-c2ccccc2C)CC1C. The van der Waals surface area contributed by atoms with Gasteiger partial charge in [0.2, 0.25) is 5.91 Å². The predicted molar refractivity (Wildman–Crippen MR) is 170 cm³/mol. The maximum Gasteiger partial charge on any atom is 0.257 e. The summed E-state index contributed by atoms with van der Waals surface area (Å²) in [7, 11) is 1.57. The Morgan fingerprint density at radius 3 is 2.44 bits per heavy atom. The van der Waals surface area contributed by atoms with Gasteiger partial charge in [0.05, 0.1) is 18.4 Å². The monoisotopic (exact) mass is 597 g/mol. The number of nitrogens with zero attached hydrogens (tertiary/aromatic N) is 5. The number of amides is 2. The summed E-state index contributed by atoms with van der Waals surface area (Å²) in [6, 6.07) is 25.9. The van der Waals surface area contributed by atoms with Crippen LogP contribution in [0.15, 0.2) is 84.0 Å². The third kappa shape index (κ3) is 7.28. The molecular formula is C34H39N5O3S. The van der Waals surface area contributed by atoms with Crippen LogP contribution in [0.2, 0.25) is 0 Å². The number of aryl methyl sites for hydroxylation is 1. The van der Waals surface area contributed by atoms with Crippen molar-refractivity contribution in [3.05, 3.63) is 101 Å². The molecule has 9 heteroatoms. The van der Waals surface area contributed by atoms with Crippen molar-refractivity contribution >= 4 is 23.6 Å². The molecule has 1 aliphatic rings. The average Bonchev–Trinajstić information content (AvgIpc) is 3.42. The fraction of sp³-hybridized carbons (Fsp3) is 0.353. The first kappa shape index (κ1) is 30.4. The molecule has 1 aliphatic heterocycles. The van der Waals surface area contributed by atoms with Gasteiger partial charge in [-0.3, -0.25) is 14.2 Å². The lowest BCUT2D eigenvalue weighted by atomic mass is 10.1. The van der Waals surface area contributed by atoms with Crippen molar-refractivity contribution in [2.75, 3.05) is 32.5 Å². The van der Waals surface area contributed by atoms with Crippen molar-refractivity contribution in [3.63, 3.8) is 0 Å². The summed E-state index contributed by atoms with van der Waals surface area (Å²) in [5, 5.41) is 10.00. The minimum atomic E-state index is -0.0662. The van der Waals surface area contributed by atoms with E-state index in [1.807, 2.05) is 59.2 Å². The molecule has 3 aromatic carbocycles. The zero-order chi connectivity index (χ0) is 30.2. The Balaban J connectivity index is 1.13. The minimum absolute atomic E-state index is 0.0560. The quantitative estimate of drug-likeness (QED) is 0.160. The second kappa shape index (κ2) is 14.4. The maximum absolute atomic E-state index is 13.2. The number of carbonyl (C=O) groups is 2. The van der Waals surface area contributed by atoms with E-state index in [0.717, 1.165) is 35.3 Å². The second-order valence-electron chi connectivity index (χ2n) is 10.9. The Labute approximate surface area is 258 Å². The highest BCUT2D eigenvalue weighted by atomic mass is 32.2. The van der Waals surface area contributed by atoms with Gasteiger partial charge in [-0.05, 0) is 56.0 Å². The van der Waals surface area contributed by atoms with Crippen LogP contribution in [0.4, 0.5) is 0 Å². The van der Waals surface area contributed by atoms with Gasteiger partial charge >= 0.3 is 0 Å². The smallest absolute Gasteiger partial charge is 0.257 e. The number of benzene rings is 3. The highest BCUT2D eigenvalue weighted by Crippen LogP contribution is 2.27. The molecule has 8 nitrogen and oxygen atoms in total. The topological polar surface area (TPSA) is 80.6 Å². The number of hydrogen-bond donors (Lipinski definition) is 0.